The molecule has 10 nitrogen and oxygen atoms in total. The van der Waals surface area contributed by atoms with Gasteiger partial charge in [-0.15, -0.1) is 0 Å². The largest absolute Gasteiger partial charge is 0.382 e. The van der Waals surface area contributed by atoms with E-state index in [1.54, 1.807) is 0 Å². The molecule has 3 rings (SSSR count). The van der Waals surface area contributed by atoms with Crippen LogP contribution in [0.2, 0.25) is 0 Å². The first-order valence-electron chi connectivity index (χ1n) is 12.1. The molecule has 0 amide bonds. The first-order chi connectivity index (χ1) is 17.0. The van der Waals surface area contributed by atoms with Gasteiger partial charge in [0.15, 0.2) is 5.82 Å². The fourth-order valence-electron chi connectivity index (χ4n) is 3.81. The van der Waals surface area contributed by atoms with Crippen molar-refractivity contribution in [3.05, 3.63) is 30.1 Å². The minimum atomic E-state index is -0.478. The molecule has 0 aliphatic heterocycles. The number of aromatic nitrogens is 3. The van der Waals surface area contributed by atoms with Gasteiger partial charge in [0.05, 0.1) is 69.4 Å². The van der Waals surface area contributed by atoms with E-state index in [1.165, 1.54) is 0 Å². The van der Waals surface area contributed by atoms with Crippen LogP contribution in [0.15, 0.2) is 24.3 Å². The fourth-order valence-corrected chi connectivity index (χ4v) is 3.81. The number of benzene rings is 1. The zero-order valence-corrected chi connectivity index (χ0v) is 21.1. The van der Waals surface area contributed by atoms with Crippen LogP contribution in [-0.4, -0.2) is 79.5 Å². The molecule has 0 aliphatic rings. The number of hydrogen-bond acceptors (Lipinski definition) is 9. The minimum Gasteiger partial charge on any atom is -0.382 e. The molecule has 0 aliphatic carbocycles. The molecule has 0 atom stereocenters. The van der Waals surface area contributed by atoms with Gasteiger partial charge in [-0.2, -0.15) is 0 Å². The second kappa shape index (κ2) is 13.7. The molecule has 35 heavy (non-hydrogen) atoms. The number of ether oxygens (including phenoxy) is 5. The van der Waals surface area contributed by atoms with Crippen molar-refractivity contribution < 1.29 is 23.7 Å². The van der Waals surface area contributed by atoms with Crippen molar-refractivity contribution in [1.82, 2.24) is 14.5 Å². The Morgan fingerprint density at radius 3 is 2.23 bits per heavy atom. The maximum Gasteiger partial charge on any atom is 0.152 e. The molecule has 0 bridgehead atoms. The van der Waals surface area contributed by atoms with Gasteiger partial charge in [0.2, 0.25) is 0 Å². The molecule has 194 valence electrons. The molecule has 0 unspecified atom stereocenters. The average Bonchev–Trinajstić information content (AvgIpc) is 3.19. The highest BCUT2D eigenvalue weighted by Crippen LogP contribution is 2.30. The lowest BCUT2D eigenvalue weighted by atomic mass is 10.1. The van der Waals surface area contributed by atoms with Gasteiger partial charge in [-0.05, 0) is 26.8 Å². The summed E-state index contributed by atoms with van der Waals surface area (Å²) in [5.41, 5.74) is 13.6. The number of hydrogen-bond donors (Lipinski definition) is 2. The zero-order valence-electron chi connectivity index (χ0n) is 21.1. The van der Waals surface area contributed by atoms with Crippen LogP contribution in [0.3, 0.4) is 0 Å². The molecule has 2 heterocycles. The third kappa shape index (κ3) is 7.83. The van der Waals surface area contributed by atoms with E-state index in [0.29, 0.717) is 83.9 Å². The Labute approximate surface area is 206 Å². The van der Waals surface area contributed by atoms with Crippen molar-refractivity contribution in [2.75, 3.05) is 65.1 Å². The van der Waals surface area contributed by atoms with Crippen LogP contribution in [-0.2, 0) is 36.8 Å². The highest BCUT2D eigenvalue weighted by Gasteiger charge is 2.25. The highest BCUT2D eigenvalue weighted by molar-refractivity contribution is 6.06. The Bertz CT molecular complexity index is 1060. The van der Waals surface area contributed by atoms with Crippen LogP contribution in [0.5, 0.6) is 0 Å². The Kier molecular flexibility index (Phi) is 10.6. The van der Waals surface area contributed by atoms with Crippen molar-refractivity contribution in [1.29, 1.82) is 0 Å². The highest BCUT2D eigenvalue weighted by atomic mass is 16.6. The van der Waals surface area contributed by atoms with Crippen LogP contribution >= 0.6 is 0 Å². The summed E-state index contributed by atoms with van der Waals surface area (Å²) < 4.78 is 30.4. The maximum atomic E-state index is 6.28. The van der Waals surface area contributed by atoms with Crippen LogP contribution in [0.4, 0.5) is 5.82 Å². The minimum absolute atomic E-state index is 0.384. The molecule has 3 aromatic rings. The second-order valence-electron chi connectivity index (χ2n) is 8.70. The van der Waals surface area contributed by atoms with Gasteiger partial charge in [-0.3, -0.25) is 0 Å². The standard InChI is InChI=1S/C25H39N5O5/c1-4-31-17-21-29-22-23(19-7-5-6-8-20(19)28-24(22)27)30(21)18-25(2,3)35-16-15-34-14-13-33-12-11-32-10-9-26/h5-8H,4,9-18,26H2,1-3H3,(H2,27,28). The lowest BCUT2D eigenvalue weighted by molar-refractivity contribution is -0.0614. The van der Waals surface area contributed by atoms with E-state index >= 15 is 0 Å². The van der Waals surface area contributed by atoms with Crippen LogP contribution in [0, 0.1) is 0 Å². The topological polar surface area (TPSA) is 129 Å². The monoisotopic (exact) mass is 489 g/mol. The van der Waals surface area contributed by atoms with Gasteiger partial charge in [0.25, 0.3) is 0 Å². The fraction of sp³-hybridized carbons (Fsp3) is 0.600. The number of fused-ring (bicyclic) bond motifs is 3. The Morgan fingerprint density at radius 2 is 1.54 bits per heavy atom. The number of imidazole rings is 1. The molecule has 0 spiro atoms. The van der Waals surface area contributed by atoms with Gasteiger partial charge in [-0.25, -0.2) is 9.97 Å². The number of pyridine rings is 1. The smallest absolute Gasteiger partial charge is 0.152 e. The predicted octanol–water partition coefficient (Wildman–Crippen LogP) is 2.51. The van der Waals surface area contributed by atoms with Crippen molar-refractivity contribution in [2.24, 2.45) is 5.73 Å². The molecular weight excluding hydrogens is 450 g/mol. The zero-order chi connectivity index (χ0) is 25.1. The van der Waals surface area contributed by atoms with Crippen LogP contribution in [0.25, 0.3) is 21.9 Å². The first-order valence-corrected chi connectivity index (χ1v) is 12.1. The average molecular weight is 490 g/mol. The lowest BCUT2D eigenvalue weighted by Crippen LogP contribution is -2.32. The first kappa shape index (κ1) is 27.3. The third-order valence-corrected chi connectivity index (χ3v) is 5.39. The van der Waals surface area contributed by atoms with Gasteiger partial charge in [0.1, 0.15) is 17.9 Å². The van der Waals surface area contributed by atoms with Crippen molar-refractivity contribution >= 4 is 27.8 Å². The van der Waals surface area contributed by atoms with Crippen molar-refractivity contribution in [3.63, 3.8) is 0 Å². The quantitative estimate of drug-likeness (QED) is 0.275. The third-order valence-electron chi connectivity index (χ3n) is 5.39. The maximum absolute atomic E-state index is 6.28. The van der Waals surface area contributed by atoms with E-state index in [0.717, 1.165) is 22.2 Å². The normalized spacial score (nSPS) is 12.2. The van der Waals surface area contributed by atoms with E-state index < -0.39 is 5.60 Å². The summed E-state index contributed by atoms with van der Waals surface area (Å²) in [6, 6.07) is 7.95. The molecular formula is C25H39N5O5. The van der Waals surface area contributed by atoms with E-state index in [4.69, 9.17) is 40.1 Å². The summed E-state index contributed by atoms with van der Waals surface area (Å²) in [4.78, 5) is 9.32. The number of nitrogen functional groups attached to an aromatic ring is 1. The van der Waals surface area contributed by atoms with E-state index in [9.17, 15) is 0 Å². The number of anilines is 1. The molecule has 1 aromatic carbocycles. The van der Waals surface area contributed by atoms with Crippen LogP contribution < -0.4 is 11.5 Å². The molecule has 4 N–H and O–H groups in total. The summed E-state index contributed by atoms with van der Waals surface area (Å²) in [5, 5.41) is 1.000. The van der Waals surface area contributed by atoms with Gasteiger partial charge in [-0.1, -0.05) is 18.2 Å². The number of para-hydroxylation sites is 1. The van der Waals surface area contributed by atoms with Crippen molar-refractivity contribution in [3.8, 4) is 0 Å². The summed E-state index contributed by atoms with van der Waals surface area (Å²) >= 11 is 0. The van der Waals surface area contributed by atoms with E-state index in [2.05, 4.69) is 23.4 Å². The molecule has 10 heteroatoms. The Balaban J connectivity index is 1.60. The Morgan fingerprint density at radius 1 is 0.886 bits per heavy atom. The lowest BCUT2D eigenvalue weighted by Gasteiger charge is -2.27. The van der Waals surface area contributed by atoms with Gasteiger partial charge < -0.3 is 39.7 Å². The summed E-state index contributed by atoms with van der Waals surface area (Å²) in [7, 11) is 0. The number of nitrogens with two attached hydrogens (primary N) is 2. The predicted molar refractivity (Wildman–Crippen MR) is 136 cm³/mol. The van der Waals surface area contributed by atoms with Gasteiger partial charge >= 0.3 is 0 Å². The number of rotatable bonds is 17. The van der Waals surface area contributed by atoms with Gasteiger partial charge in [0, 0.05) is 18.5 Å². The van der Waals surface area contributed by atoms with Crippen molar-refractivity contribution in [2.45, 2.75) is 39.5 Å². The molecule has 2 aromatic heterocycles. The number of nitrogens with zero attached hydrogens (tertiary/aromatic N) is 3. The Hall–Kier alpha value is -2.34. The SMILES string of the molecule is CCOCc1nc2c(N)nc3ccccc3c2n1CC(C)(C)OCCOCCOCCOCCN. The van der Waals surface area contributed by atoms with E-state index in [1.807, 2.05) is 31.2 Å². The molecule has 0 fully saturated rings. The second-order valence-corrected chi connectivity index (χ2v) is 8.70. The van der Waals surface area contributed by atoms with E-state index in [-0.39, 0.29) is 0 Å². The summed E-state index contributed by atoms with van der Waals surface area (Å²) in [6.07, 6.45) is 0. The summed E-state index contributed by atoms with van der Waals surface area (Å²) in [5.74, 6) is 1.21. The summed E-state index contributed by atoms with van der Waals surface area (Å²) in [6.45, 7) is 11.7. The molecule has 0 radical (unpaired) electrons. The van der Waals surface area contributed by atoms with Crippen LogP contribution in [0.1, 0.15) is 26.6 Å². The molecule has 0 saturated heterocycles. The molecule has 0 saturated carbocycles.